The largest absolute Gasteiger partial charge is 0.438 e. The smallest absolute Gasteiger partial charge is 0.362 e. The number of benzene rings is 1. The third-order valence-electron chi connectivity index (χ3n) is 4.78. The normalized spacial score (nSPS) is 19.5. The van der Waals surface area contributed by atoms with Gasteiger partial charge >= 0.3 is 12.4 Å². The molecule has 0 spiro atoms. The van der Waals surface area contributed by atoms with Crippen LogP contribution in [0.2, 0.25) is 0 Å². The number of amides is 1. The summed E-state index contributed by atoms with van der Waals surface area (Å²) in [5.41, 5.74) is -6.06. The number of alkyl halides is 6. The van der Waals surface area contributed by atoms with Gasteiger partial charge in [-0.1, -0.05) is 30.3 Å². The van der Waals surface area contributed by atoms with Crippen LogP contribution in [0.4, 0.5) is 26.3 Å². The van der Waals surface area contributed by atoms with Gasteiger partial charge in [0, 0.05) is 23.8 Å². The van der Waals surface area contributed by atoms with E-state index < -0.39 is 47.4 Å². The second-order valence-electron chi connectivity index (χ2n) is 7.13. The van der Waals surface area contributed by atoms with E-state index in [2.05, 4.69) is 15.2 Å². The number of rotatable bonds is 2. The van der Waals surface area contributed by atoms with Gasteiger partial charge in [-0.3, -0.25) is 4.79 Å². The predicted molar refractivity (Wildman–Crippen MR) is 98.3 cm³/mol. The minimum Gasteiger partial charge on any atom is -0.362 e. The van der Waals surface area contributed by atoms with E-state index in [1.165, 1.54) is 19.1 Å². The van der Waals surface area contributed by atoms with E-state index in [1.54, 1.807) is 18.2 Å². The minimum atomic E-state index is -5.26. The topological polar surface area (TPSA) is 83.1 Å². The molecule has 1 N–H and O–H groups in total. The number of carbonyl (C=O) groups is 1. The number of nitrogens with zero attached hydrogens (tertiary/aromatic N) is 5. The molecule has 0 fully saturated rings. The summed E-state index contributed by atoms with van der Waals surface area (Å²) >= 11 is 0. The average molecular weight is 457 g/mol. The Morgan fingerprint density at radius 2 is 1.75 bits per heavy atom. The molecule has 1 aliphatic rings. The molecule has 168 valence electrons. The Hall–Kier alpha value is -3.48. The summed E-state index contributed by atoms with van der Waals surface area (Å²) in [5.74, 6) is -1.53. The molecular formula is C19H13F6N5O2. The summed E-state index contributed by atoms with van der Waals surface area (Å²) in [6, 6.07) is 9.40. The second-order valence-corrected chi connectivity index (χ2v) is 7.13. The lowest BCUT2D eigenvalue weighted by atomic mass is 10.1. The Bertz CT molecular complexity index is 1230. The molecule has 32 heavy (non-hydrogen) atoms. The molecule has 0 radical (unpaired) electrons. The van der Waals surface area contributed by atoms with Crippen LogP contribution in [0.1, 0.15) is 29.5 Å². The highest BCUT2D eigenvalue weighted by Gasteiger charge is 2.63. The number of aliphatic hydroxyl groups is 1. The molecule has 0 saturated carbocycles. The monoisotopic (exact) mass is 457 g/mol. The fourth-order valence-electron chi connectivity index (χ4n) is 3.30. The summed E-state index contributed by atoms with van der Waals surface area (Å²) in [6.07, 6.45) is -11.2. The van der Waals surface area contributed by atoms with Crippen molar-refractivity contribution in [1.82, 2.24) is 19.6 Å². The van der Waals surface area contributed by atoms with Crippen molar-refractivity contribution in [3.63, 3.8) is 0 Å². The molecule has 3 heterocycles. The zero-order chi connectivity index (χ0) is 23.5. The fraction of sp³-hybridized carbons (Fsp3) is 0.263. The number of hydrazone groups is 1. The molecule has 13 heteroatoms. The highest BCUT2D eigenvalue weighted by atomic mass is 19.4. The van der Waals surface area contributed by atoms with Gasteiger partial charge in [-0.15, -0.1) is 0 Å². The van der Waals surface area contributed by atoms with Crippen LogP contribution in [-0.2, 0) is 6.18 Å². The van der Waals surface area contributed by atoms with Crippen molar-refractivity contribution in [1.29, 1.82) is 0 Å². The van der Waals surface area contributed by atoms with Crippen molar-refractivity contribution in [2.75, 3.05) is 0 Å². The van der Waals surface area contributed by atoms with Gasteiger partial charge < -0.3 is 5.11 Å². The predicted octanol–water partition coefficient (Wildman–Crippen LogP) is 3.89. The first-order valence-electron chi connectivity index (χ1n) is 9.02. The zero-order valence-electron chi connectivity index (χ0n) is 16.1. The van der Waals surface area contributed by atoms with Gasteiger partial charge in [-0.25, -0.2) is 9.50 Å². The molecule has 2 aromatic heterocycles. The summed E-state index contributed by atoms with van der Waals surface area (Å²) < 4.78 is 81.5. The molecule has 0 aliphatic carbocycles. The van der Waals surface area contributed by atoms with Crippen LogP contribution in [0.5, 0.6) is 0 Å². The maximum absolute atomic E-state index is 13.7. The van der Waals surface area contributed by atoms with E-state index in [1.807, 2.05) is 0 Å². The molecule has 1 aromatic carbocycles. The Kier molecular flexibility index (Phi) is 4.77. The summed E-state index contributed by atoms with van der Waals surface area (Å²) in [6.45, 7) is 1.17. The Balaban J connectivity index is 1.85. The standard InChI is InChI=1S/C19H13F6N5O2/c1-10-9-17(32,19(23,24)25)30(27-10)16(31)13-8-15-26-12(11-5-3-2-4-6-11)7-14(18(20,21)22)29(15)28-13/h2-8,32H,9H2,1H3/t17-/m0/s1. The third kappa shape index (κ3) is 3.47. The van der Waals surface area contributed by atoms with Crippen LogP contribution < -0.4 is 0 Å². The zero-order valence-corrected chi connectivity index (χ0v) is 16.1. The van der Waals surface area contributed by atoms with E-state index in [0.29, 0.717) is 16.1 Å². The van der Waals surface area contributed by atoms with E-state index >= 15 is 0 Å². The first-order chi connectivity index (χ1) is 14.8. The maximum atomic E-state index is 13.7. The van der Waals surface area contributed by atoms with Crippen molar-refractivity contribution < 1.29 is 36.2 Å². The molecule has 7 nitrogen and oxygen atoms in total. The van der Waals surface area contributed by atoms with Crippen LogP contribution in [-0.4, -0.2) is 48.2 Å². The highest BCUT2D eigenvalue weighted by Crippen LogP contribution is 2.41. The number of aromatic nitrogens is 3. The number of fused-ring (bicyclic) bond motifs is 1. The molecule has 0 bridgehead atoms. The van der Waals surface area contributed by atoms with E-state index in [-0.39, 0.29) is 16.4 Å². The molecular weight excluding hydrogens is 444 g/mol. The Morgan fingerprint density at radius 3 is 2.34 bits per heavy atom. The summed E-state index contributed by atoms with van der Waals surface area (Å²) in [7, 11) is 0. The lowest BCUT2D eigenvalue weighted by Gasteiger charge is -2.32. The second kappa shape index (κ2) is 7.02. The first kappa shape index (κ1) is 21.7. The molecule has 4 rings (SSSR count). The number of hydrogen-bond donors (Lipinski definition) is 1. The van der Waals surface area contributed by atoms with Crippen LogP contribution in [0, 0.1) is 0 Å². The fourth-order valence-corrected chi connectivity index (χ4v) is 3.30. The van der Waals surface area contributed by atoms with Crippen LogP contribution in [0.15, 0.2) is 47.6 Å². The van der Waals surface area contributed by atoms with Crippen molar-refractivity contribution >= 4 is 17.3 Å². The van der Waals surface area contributed by atoms with Gasteiger partial charge in [0.2, 0.25) is 0 Å². The minimum absolute atomic E-state index is 0.0776. The number of halogens is 6. The number of hydrogen-bond acceptors (Lipinski definition) is 5. The van der Waals surface area contributed by atoms with Gasteiger partial charge in [0.25, 0.3) is 11.6 Å². The molecule has 0 unspecified atom stereocenters. The van der Waals surface area contributed by atoms with E-state index in [0.717, 1.165) is 6.07 Å². The molecule has 1 aliphatic heterocycles. The van der Waals surface area contributed by atoms with Crippen molar-refractivity contribution in [3.8, 4) is 11.3 Å². The quantitative estimate of drug-likeness (QED) is 0.592. The molecule has 3 aromatic rings. The van der Waals surface area contributed by atoms with Crippen LogP contribution >= 0.6 is 0 Å². The van der Waals surface area contributed by atoms with Crippen LogP contribution in [0.3, 0.4) is 0 Å². The van der Waals surface area contributed by atoms with Crippen molar-refractivity contribution in [3.05, 3.63) is 53.9 Å². The van der Waals surface area contributed by atoms with Crippen molar-refractivity contribution in [2.45, 2.75) is 31.4 Å². The van der Waals surface area contributed by atoms with Crippen LogP contribution in [0.25, 0.3) is 16.9 Å². The van der Waals surface area contributed by atoms with E-state index in [4.69, 9.17) is 0 Å². The van der Waals surface area contributed by atoms with Gasteiger partial charge in [0.05, 0.1) is 5.69 Å². The summed E-state index contributed by atoms with van der Waals surface area (Å²) in [4.78, 5) is 16.8. The van der Waals surface area contributed by atoms with Gasteiger partial charge in [0.1, 0.15) is 0 Å². The van der Waals surface area contributed by atoms with Gasteiger partial charge in [0.15, 0.2) is 17.0 Å². The maximum Gasteiger partial charge on any atom is 0.438 e. The SMILES string of the molecule is CC1=NN(C(=O)c2cc3nc(-c4ccccc4)cc(C(F)(F)F)n3n2)[C@@](O)(C(F)(F)F)C1. The molecule has 1 atom stereocenters. The van der Waals surface area contributed by atoms with Gasteiger partial charge in [-0.05, 0) is 13.0 Å². The third-order valence-corrected chi connectivity index (χ3v) is 4.78. The Morgan fingerprint density at radius 1 is 1.09 bits per heavy atom. The lowest BCUT2D eigenvalue weighted by Crippen LogP contribution is -2.56. The van der Waals surface area contributed by atoms with Gasteiger partial charge in [-0.2, -0.15) is 41.6 Å². The molecule has 0 saturated heterocycles. The lowest BCUT2D eigenvalue weighted by molar-refractivity contribution is -0.297. The van der Waals surface area contributed by atoms with E-state index in [9.17, 15) is 36.2 Å². The van der Waals surface area contributed by atoms with Crippen molar-refractivity contribution in [2.24, 2.45) is 5.10 Å². The Labute approximate surface area is 175 Å². The highest BCUT2D eigenvalue weighted by molar-refractivity contribution is 5.97. The number of carbonyl (C=O) groups excluding carboxylic acids is 1. The first-order valence-corrected chi connectivity index (χ1v) is 9.02. The average Bonchev–Trinajstić information content (AvgIpc) is 3.27. The molecule has 1 amide bonds. The summed E-state index contributed by atoms with van der Waals surface area (Å²) in [5, 5.41) is 16.8.